The largest absolute Gasteiger partial charge is 0.298 e. The molecular weight excluding hydrogens is 380 g/mol. The average Bonchev–Trinajstić information content (AvgIpc) is 3.11. The summed E-state index contributed by atoms with van der Waals surface area (Å²) in [5, 5.41) is 26.8. The molecule has 152 valence electrons. The maximum absolute atomic E-state index is 10.0. The van der Waals surface area contributed by atoms with Crippen molar-refractivity contribution < 1.29 is 9.11 Å². The van der Waals surface area contributed by atoms with Crippen LogP contribution in [0.3, 0.4) is 0 Å². The molecule has 1 aromatic rings. The van der Waals surface area contributed by atoms with Crippen LogP contribution in [0, 0.1) is 16.7 Å². The van der Waals surface area contributed by atoms with Crippen molar-refractivity contribution in [2.45, 2.75) is 47.0 Å². The van der Waals surface area contributed by atoms with Gasteiger partial charge in [-0.25, -0.2) is 0 Å². The lowest BCUT2D eigenvalue weighted by Gasteiger charge is -2.35. The number of aromatic amines is 1. The molecule has 0 aliphatic carbocycles. The minimum Gasteiger partial charge on any atom is -0.298 e. The van der Waals surface area contributed by atoms with E-state index in [1.165, 1.54) is 0 Å². The number of rotatable bonds is 2. The molecule has 10 nitrogen and oxygen atoms in total. The highest BCUT2D eigenvalue weighted by Crippen LogP contribution is 2.46. The van der Waals surface area contributed by atoms with Crippen LogP contribution in [0.1, 0.15) is 52.8 Å². The Morgan fingerprint density at radius 2 is 1.82 bits per heavy atom. The molecule has 0 spiro atoms. The molecule has 3 heterocycles. The zero-order valence-corrected chi connectivity index (χ0v) is 17.7. The molecule has 0 amide bonds. The summed E-state index contributed by atoms with van der Waals surface area (Å²) in [6.45, 7) is 12.3. The van der Waals surface area contributed by atoms with E-state index in [1.54, 1.807) is 5.01 Å². The molecule has 0 unspecified atom stereocenters. The predicted molar refractivity (Wildman–Crippen MR) is 108 cm³/mol. The van der Waals surface area contributed by atoms with Crippen LogP contribution in [0.5, 0.6) is 0 Å². The van der Waals surface area contributed by atoms with Crippen molar-refractivity contribution >= 4 is 22.4 Å². The SMILES string of the molecule is CC(C)(C)C1=C(N=Nc2[nH]nc(C(C)(C)C)c2C#N)C2=NS(O)(O)CCN2N1. The molecule has 28 heavy (non-hydrogen) atoms. The summed E-state index contributed by atoms with van der Waals surface area (Å²) in [5.74, 6) is 0.753. The highest BCUT2D eigenvalue weighted by Gasteiger charge is 2.39. The first-order valence-electron chi connectivity index (χ1n) is 8.89. The first-order valence-corrected chi connectivity index (χ1v) is 10.6. The standard InChI is InChI=1S/C17H26N8O2S/c1-16(2,3)12-10(9-18)14(22-20-12)21-19-11-13(17(4,5)6)23-25-7-8-28(26,27)24-15(11)25/h23,26-27H,7-8H2,1-6H3,(H,20,22). The maximum atomic E-state index is 10.0. The van der Waals surface area contributed by atoms with Crippen LogP contribution in [0.4, 0.5) is 5.82 Å². The number of H-pyrrole nitrogens is 1. The fourth-order valence-corrected chi connectivity index (χ4v) is 3.88. The van der Waals surface area contributed by atoms with Crippen molar-refractivity contribution in [2.24, 2.45) is 20.0 Å². The summed E-state index contributed by atoms with van der Waals surface area (Å²) < 4.78 is 24.2. The molecule has 0 bridgehead atoms. The Labute approximate surface area is 165 Å². The van der Waals surface area contributed by atoms with Crippen LogP contribution in [0.15, 0.2) is 26.0 Å². The smallest absolute Gasteiger partial charge is 0.196 e. The zero-order valence-electron chi connectivity index (χ0n) is 16.9. The number of hydrogen-bond acceptors (Lipinski definition) is 9. The molecular formula is C17H26N8O2S. The van der Waals surface area contributed by atoms with E-state index >= 15 is 0 Å². The highest BCUT2D eigenvalue weighted by molar-refractivity contribution is 8.23. The van der Waals surface area contributed by atoms with E-state index in [0.717, 1.165) is 5.70 Å². The fourth-order valence-electron chi connectivity index (χ4n) is 2.90. The second kappa shape index (κ2) is 6.58. The van der Waals surface area contributed by atoms with Crippen LogP contribution in [-0.4, -0.2) is 42.4 Å². The fraction of sp³-hybridized carbons (Fsp3) is 0.588. The van der Waals surface area contributed by atoms with Crippen molar-refractivity contribution in [3.63, 3.8) is 0 Å². The summed E-state index contributed by atoms with van der Waals surface area (Å²) >= 11 is 0. The number of nitrogens with zero attached hydrogens (tertiary/aromatic N) is 6. The molecule has 11 heteroatoms. The van der Waals surface area contributed by atoms with Gasteiger partial charge < -0.3 is 0 Å². The van der Waals surface area contributed by atoms with E-state index < -0.39 is 10.8 Å². The first-order chi connectivity index (χ1) is 12.8. The van der Waals surface area contributed by atoms with Crippen LogP contribution in [0.25, 0.3) is 0 Å². The minimum absolute atomic E-state index is 0.152. The van der Waals surface area contributed by atoms with E-state index in [9.17, 15) is 14.4 Å². The molecule has 2 aliphatic rings. The van der Waals surface area contributed by atoms with Crippen LogP contribution < -0.4 is 5.43 Å². The first kappa shape index (κ1) is 20.3. The Kier molecular flexibility index (Phi) is 4.77. The number of aromatic nitrogens is 2. The van der Waals surface area contributed by atoms with Gasteiger partial charge >= 0.3 is 0 Å². The summed E-state index contributed by atoms with van der Waals surface area (Å²) in [4.78, 5) is 0. The van der Waals surface area contributed by atoms with Gasteiger partial charge in [-0.3, -0.25) is 24.6 Å². The molecule has 0 atom stereocenters. The summed E-state index contributed by atoms with van der Waals surface area (Å²) in [5.41, 5.74) is 4.76. The second-order valence-electron chi connectivity index (χ2n) is 8.85. The molecule has 0 saturated heterocycles. The van der Waals surface area contributed by atoms with Gasteiger partial charge in [-0.15, -0.1) is 14.6 Å². The third kappa shape index (κ3) is 3.76. The number of hydrazine groups is 1. The molecule has 0 radical (unpaired) electrons. The van der Waals surface area contributed by atoms with Crippen LogP contribution in [0.2, 0.25) is 0 Å². The molecule has 4 N–H and O–H groups in total. The van der Waals surface area contributed by atoms with Crippen molar-refractivity contribution in [2.75, 3.05) is 12.3 Å². The monoisotopic (exact) mass is 406 g/mol. The minimum atomic E-state index is -3.05. The Balaban J connectivity index is 2.07. The lowest BCUT2D eigenvalue weighted by Crippen LogP contribution is -2.43. The molecule has 0 saturated carbocycles. The predicted octanol–water partition coefficient (Wildman–Crippen LogP) is 3.82. The quantitative estimate of drug-likeness (QED) is 0.549. The second-order valence-corrected chi connectivity index (χ2v) is 10.7. The summed E-state index contributed by atoms with van der Waals surface area (Å²) in [6, 6.07) is 2.14. The van der Waals surface area contributed by atoms with Crippen LogP contribution >= 0.6 is 10.8 Å². The number of nitrogens with one attached hydrogen (secondary N) is 2. The normalized spacial score (nSPS) is 20.7. The maximum Gasteiger partial charge on any atom is 0.196 e. The zero-order chi connectivity index (χ0) is 20.9. The van der Waals surface area contributed by atoms with E-state index in [1.807, 2.05) is 41.5 Å². The van der Waals surface area contributed by atoms with E-state index in [-0.39, 0.29) is 22.4 Å². The van der Waals surface area contributed by atoms with Crippen molar-refractivity contribution in [1.82, 2.24) is 20.6 Å². The number of azo groups is 1. The summed E-state index contributed by atoms with van der Waals surface area (Å²) in [6.07, 6.45) is 0. The Hall–Kier alpha value is -2.42. The molecule has 0 aromatic carbocycles. The number of allylic oxidation sites excluding steroid dienone is 1. The molecule has 1 aromatic heterocycles. The van der Waals surface area contributed by atoms with E-state index in [4.69, 9.17) is 0 Å². The van der Waals surface area contributed by atoms with Gasteiger partial charge in [-0.05, 0) is 0 Å². The molecule has 3 rings (SSSR count). The average molecular weight is 407 g/mol. The summed E-state index contributed by atoms with van der Waals surface area (Å²) in [7, 11) is -3.05. The van der Waals surface area contributed by atoms with Gasteiger partial charge in [-0.2, -0.15) is 10.4 Å². The number of nitriles is 1. The lowest BCUT2D eigenvalue weighted by atomic mass is 9.90. The van der Waals surface area contributed by atoms with Gasteiger partial charge in [0.05, 0.1) is 23.7 Å². The van der Waals surface area contributed by atoms with Gasteiger partial charge in [0, 0.05) is 10.8 Å². The van der Waals surface area contributed by atoms with Gasteiger partial charge in [0.15, 0.2) is 17.4 Å². The van der Waals surface area contributed by atoms with Gasteiger partial charge in [0.1, 0.15) is 11.6 Å². The van der Waals surface area contributed by atoms with E-state index in [0.29, 0.717) is 29.3 Å². The third-order valence-corrected chi connectivity index (χ3v) is 5.54. The number of amidine groups is 1. The van der Waals surface area contributed by atoms with Gasteiger partial charge in [-0.1, -0.05) is 52.3 Å². The highest BCUT2D eigenvalue weighted by atomic mass is 32.3. The Morgan fingerprint density at radius 1 is 1.14 bits per heavy atom. The third-order valence-electron chi connectivity index (χ3n) is 4.34. The van der Waals surface area contributed by atoms with Crippen molar-refractivity contribution in [3.05, 3.63) is 22.7 Å². The van der Waals surface area contributed by atoms with Crippen molar-refractivity contribution in [3.8, 4) is 6.07 Å². The van der Waals surface area contributed by atoms with Gasteiger partial charge in [0.25, 0.3) is 0 Å². The number of hydrogen-bond donors (Lipinski definition) is 4. The lowest BCUT2D eigenvalue weighted by molar-refractivity contribution is 0.321. The van der Waals surface area contributed by atoms with Crippen molar-refractivity contribution in [1.29, 1.82) is 5.26 Å². The van der Waals surface area contributed by atoms with Gasteiger partial charge in [0.2, 0.25) is 0 Å². The molecule has 2 aliphatic heterocycles. The molecule has 0 fully saturated rings. The van der Waals surface area contributed by atoms with E-state index in [2.05, 4.69) is 36.3 Å². The van der Waals surface area contributed by atoms with Crippen LogP contribution in [-0.2, 0) is 5.41 Å². The topological polar surface area (TPSA) is 145 Å². The number of fused-ring (bicyclic) bond motifs is 1. The Bertz CT molecular complexity index is 924. The Morgan fingerprint density at radius 3 is 2.39 bits per heavy atom.